The summed E-state index contributed by atoms with van der Waals surface area (Å²) in [5.74, 6) is 1.48. The van der Waals surface area contributed by atoms with Gasteiger partial charge in [-0.2, -0.15) is 11.8 Å². The second-order valence-corrected chi connectivity index (χ2v) is 10.1. The van der Waals surface area contributed by atoms with E-state index in [0.717, 1.165) is 5.56 Å². The number of carbonyl (C=O) groups excluding carboxylic acids is 2. The zero-order valence-corrected chi connectivity index (χ0v) is 21.7. The number of amides is 2. The fourth-order valence-corrected chi connectivity index (χ4v) is 4.89. The van der Waals surface area contributed by atoms with Crippen molar-refractivity contribution in [1.82, 2.24) is 29.7 Å². The quantitative estimate of drug-likeness (QED) is 0.275. The SMILES string of the molecule is CC(=O)NCCSC[C@H]1O[C@@H](n2cnc3c(NCc4ccc(C(=O)N(C)C)cc4)ncnc32)[C@H](O)[C@@H]1O. The first kappa shape index (κ1) is 26.8. The van der Waals surface area contributed by atoms with Crippen molar-refractivity contribution in [3.05, 3.63) is 48.0 Å². The standard InChI is InChI=1S/C24H31N7O5S/c1-14(32)25-8-9-37-11-17-19(33)20(34)24(36-17)31-13-29-18-21(27-12-28-22(18)31)26-10-15-4-6-16(7-5-15)23(35)30(2)3/h4-7,12-13,17,19-20,24,33-34H,8-11H2,1-3H3,(H,25,32)(H,26,27,28)/t17-,19-,20-,24-/m1/s1. The summed E-state index contributed by atoms with van der Waals surface area (Å²) in [5.41, 5.74) is 2.52. The lowest BCUT2D eigenvalue weighted by atomic mass is 10.1. The van der Waals surface area contributed by atoms with E-state index in [1.807, 2.05) is 12.1 Å². The Labute approximate surface area is 218 Å². The normalized spacial score (nSPS) is 21.2. The van der Waals surface area contributed by atoms with Gasteiger partial charge in [-0.25, -0.2) is 15.0 Å². The lowest BCUT2D eigenvalue weighted by Crippen LogP contribution is -2.33. The molecule has 0 aliphatic carbocycles. The highest BCUT2D eigenvalue weighted by atomic mass is 32.2. The predicted octanol–water partition coefficient (Wildman–Crippen LogP) is 0.629. The number of nitrogens with one attached hydrogen (secondary N) is 2. The molecule has 1 aliphatic heterocycles. The highest BCUT2D eigenvalue weighted by Gasteiger charge is 2.44. The molecule has 198 valence electrons. The number of aliphatic hydroxyl groups excluding tert-OH is 2. The van der Waals surface area contributed by atoms with Gasteiger partial charge in [0.15, 0.2) is 23.2 Å². The minimum atomic E-state index is -1.16. The van der Waals surface area contributed by atoms with Crippen LogP contribution < -0.4 is 10.6 Å². The molecule has 0 radical (unpaired) electrons. The first-order chi connectivity index (χ1) is 17.8. The van der Waals surface area contributed by atoms with E-state index in [0.29, 0.717) is 47.1 Å². The highest BCUT2D eigenvalue weighted by Crippen LogP contribution is 2.33. The Morgan fingerprint density at radius 2 is 1.89 bits per heavy atom. The Balaban J connectivity index is 1.41. The van der Waals surface area contributed by atoms with Crippen molar-refractivity contribution in [3.8, 4) is 0 Å². The van der Waals surface area contributed by atoms with Gasteiger partial charge in [-0.05, 0) is 17.7 Å². The van der Waals surface area contributed by atoms with Gasteiger partial charge in [0.2, 0.25) is 5.91 Å². The van der Waals surface area contributed by atoms with Gasteiger partial charge >= 0.3 is 0 Å². The maximum Gasteiger partial charge on any atom is 0.253 e. The number of thioether (sulfide) groups is 1. The molecule has 4 rings (SSSR count). The molecule has 4 atom stereocenters. The van der Waals surface area contributed by atoms with Crippen molar-refractivity contribution < 1.29 is 24.5 Å². The molecule has 0 spiro atoms. The molecule has 1 saturated heterocycles. The highest BCUT2D eigenvalue weighted by molar-refractivity contribution is 7.99. The molecule has 4 N–H and O–H groups in total. The largest absolute Gasteiger partial charge is 0.387 e. The molecule has 1 aliphatic rings. The topological polar surface area (TPSA) is 155 Å². The Hall–Kier alpha value is -3.26. The number of hydrogen-bond donors (Lipinski definition) is 4. The van der Waals surface area contributed by atoms with Crippen LogP contribution in [0.1, 0.15) is 29.1 Å². The fraction of sp³-hybridized carbons (Fsp3) is 0.458. The van der Waals surface area contributed by atoms with Gasteiger partial charge < -0.3 is 30.5 Å². The lowest BCUT2D eigenvalue weighted by molar-refractivity contribution is -0.118. The van der Waals surface area contributed by atoms with Crippen molar-refractivity contribution in [2.75, 3.05) is 37.5 Å². The van der Waals surface area contributed by atoms with Crippen LogP contribution >= 0.6 is 11.8 Å². The molecule has 2 amide bonds. The van der Waals surface area contributed by atoms with Gasteiger partial charge in [0.25, 0.3) is 5.91 Å². The summed E-state index contributed by atoms with van der Waals surface area (Å²) in [5, 5.41) is 27.2. The van der Waals surface area contributed by atoms with Gasteiger partial charge in [0.1, 0.15) is 18.5 Å². The number of hydrogen-bond acceptors (Lipinski definition) is 10. The molecule has 3 aromatic rings. The number of nitrogens with zero attached hydrogens (tertiary/aromatic N) is 5. The third-order valence-corrected chi connectivity index (χ3v) is 7.00. The smallest absolute Gasteiger partial charge is 0.253 e. The number of ether oxygens (including phenoxy) is 1. The van der Waals surface area contributed by atoms with Crippen molar-refractivity contribution in [2.24, 2.45) is 0 Å². The van der Waals surface area contributed by atoms with Gasteiger partial charge in [-0.15, -0.1) is 0 Å². The minimum Gasteiger partial charge on any atom is -0.387 e. The summed E-state index contributed by atoms with van der Waals surface area (Å²) < 4.78 is 7.58. The molecule has 0 unspecified atom stereocenters. The molecule has 0 saturated carbocycles. The van der Waals surface area contributed by atoms with Crippen LogP contribution in [0.25, 0.3) is 11.2 Å². The lowest BCUT2D eigenvalue weighted by Gasteiger charge is -2.16. The van der Waals surface area contributed by atoms with Crippen LogP contribution in [-0.2, 0) is 16.1 Å². The van der Waals surface area contributed by atoms with Crippen LogP contribution in [0.3, 0.4) is 0 Å². The molecule has 13 heteroatoms. The maximum absolute atomic E-state index is 12.1. The predicted molar refractivity (Wildman–Crippen MR) is 139 cm³/mol. The molecule has 12 nitrogen and oxygen atoms in total. The summed E-state index contributed by atoms with van der Waals surface area (Å²) in [7, 11) is 3.42. The zero-order valence-electron chi connectivity index (χ0n) is 20.9. The van der Waals surface area contributed by atoms with E-state index in [-0.39, 0.29) is 11.8 Å². The van der Waals surface area contributed by atoms with Crippen LogP contribution in [-0.4, -0.2) is 96.9 Å². The third kappa shape index (κ3) is 6.18. The summed E-state index contributed by atoms with van der Waals surface area (Å²) >= 11 is 1.52. The van der Waals surface area contributed by atoms with Crippen LogP contribution in [0.2, 0.25) is 0 Å². The number of fused-ring (bicyclic) bond motifs is 1. The first-order valence-corrected chi connectivity index (χ1v) is 13.0. The molecule has 1 aromatic carbocycles. The Bertz CT molecular complexity index is 1240. The minimum absolute atomic E-state index is 0.0604. The van der Waals surface area contributed by atoms with E-state index in [1.54, 1.807) is 30.8 Å². The van der Waals surface area contributed by atoms with Crippen molar-refractivity contribution in [3.63, 3.8) is 0 Å². The van der Waals surface area contributed by atoms with E-state index < -0.39 is 24.5 Å². The Kier molecular flexibility index (Phi) is 8.59. The van der Waals surface area contributed by atoms with E-state index in [2.05, 4.69) is 25.6 Å². The molecule has 37 heavy (non-hydrogen) atoms. The zero-order chi connectivity index (χ0) is 26.5. The van der Waals surface area contributed by atoms with Gasteiger partial charge in [0.05, 0.1) is 12.4 Å². The molecule has 3 heterocycles. The van der Waals surface area contributed by atoms with Gasteiger partial charge in [-0.1, -0.05) is 12.1 Å². The third-order valence-electron chi connectivity index (χ3n) is 5.94. The van der Waals surface area contributed by atoms with E-state index in [9.17, 15) is 19.8 Å². The monoisotopic (exact) mass is 529 g/mol. The second kappa shape index (κ2) is 11.9. The average molecular weight is 530 g/mol. The number of benzene rings is 1. The Morgan fingerprint density at radius 1 is 1.14 bits per heavy atom. The number of imidazole rings is 1. The van der Waals surface area contributed by atoms with E-state index in [1.165, 1.54) is 36.2 Å². The summed E-state index contributed by atoms with van der Waals surface area (Å²) in [6.07, 6.45) is -0.758. The molecule has 1 fully saturated rings. The number of aliphatic hydroxyl groups is 2. The van der Waals surface area contributed by atoms with Crippen molar-refractivity contribution in [1.29, 1.82) is 0 Å². The van der Waals surface area contributed by atoms with Crippen molar-refractivity contribution in [2.45, 2.75) is 38.0 Å². The summed E-state index contributed by atoms with van der Waals surface area (Å²) in [6.45, 7) is 2.43. The number of rotatable bonds is 10. The van der Waals surface area contributed by atoms with E-state index in [4.69, 9.17) is 4.74 Å². The van der Waals surface area contributed by atoms with Crippen LogP contribution in [0.15, 0.2) is 36.9 Å². The van der Waals surface area contributed by atoms with Crippen LogP contribution in [0.4, 0.5) is 5.82 Å². The van der Waals surface area contributed by atoms with Crippen molar-refractivity contribution >= 4 is 40.6 Å². The average Bonchev–Trinajstić information content (AvgIpc) is 3.43. The maximum atomic E-state index is 12.1. The van der Waals surface area contributed by atoms with E-state index >= 15 is 0 Å². The fourth-order valence-electron chi connectivity index (χ4n) is 3.97. The molecule has 0 bridgehead atoms. The molecular formula is C24H31N7O5S. The molecular weight excluding hydrogens is 498 g/mol. The number of aromatic nitrogens is 4. The summed E-state index contributed by atoms with van der Waals surface area (Å²) in [6, 6.07) is 7.31. The number of carbonyl (C=O) groups is 2. The summed E-state index contributed by atoms with van der Waals surface area (Å²) in [4.78, 5) is 37.6. The Morgan fingerprint density at radius 3 is 2.59 bits per heavy atom. The second-order valence-electron chi connectivity index (χ2n) is 8.90. The first-order valence-electron chi connectivity index (χ1n) is 11.8. The molecule has 2 aromatic heterocycles. The number of anilines is 1. The van der Waals surface area contributed by atoms with Gasteiger partial charge in [-0.3, -0.25) is 14.2 Å². The van der Waals surface area contributed by atoms with Crippen LogP contribution in [0.5, 0.6) is 0 Å². The van der Waals surface area contributed by atoms with Crippen LogP contribution in [0, 0.1) is 0 Å². The van der Waals surface area contributed by atoms with Gasteiger partial charge in [0, 0.05) is 51.2 Å².